The molecule has 0 aliphatic heterocycles. The second-order valence-corrected chi connectivity index (χ2v) is 5.88. The number of anilines is 1. The van der Waals surface area contributed by atoms with Crippen molar-refractivity contribution in [3.63, 3.8) is 0 Å². The van der Waals surface area contributed by atoms with Gasteiger partial charge in [0.1, 0.15) is 5.82 Å². The zero-order valence-corrected chi connectivity index (χ0v) is 12.8. The fourth-order valence-corrected chi connectivity index (χ4v) is 2.72. The predicted molar refractivity (Wildman–Crippen MR) is 81.8 cm³/mol. The number of carbonyl (C=O) groups excluding carboxylic acids is 2. The Labute approximate surface area is 129 Å². The molecule has 2 rings (SSSR count). The lowest BCUT2D eigenvalue weighted by Gasteiger charge is -2.06. The highest BCUT2D eigenvalue weighted by Gasteiger charge is 2.09. The Morgan fingerprint density at radius 2 is 2.19 bits per heavy atom. The highest BCUT2D eigenvalue weighted by Crippen LogP contribution is 2.14. The summed E-state index contributed by atoms with van der Waals surface area (Å²) in [6.45, 7) is 1.80. The molecule has 2 heterocycles. The minimum absolute atomic E-state index is 0.0770. The molecular weight excluding hydrogens is 310 g/mol. The number of aryl methyl sites for hydroxylation is 1. The van der Waals surface area contributed by atoms with Crippen LogP contribution in [0.25, 0.3) is 0 Å². The van der Waals surface area contributed by atoms with Crippen LogP contribution in [0.2, 0.25) is 0 Å². The van der Waals surface area contributed by atoms with Crippen molar-refractivity contribution in [1.29, 1.82) is 0 Å². The number of amides is 2. The predicted octanol–water partition coefficient (Wildman–Crippen LogP) is 0.982. The molecule has 0 saturated carbocycles. The van der Waals surface area contributed by atoms with Gasteiger partial charge in [-0.1, -0.05) is 17.8 Å². The SMILES string of the molecule is Cc1cc(N)nc(SCC(=O)NNC(=O)c2cccs2)n1. The first-order valence-corrected chi connectivity index (χ1v) is 7.78. The maximum absolute atomic E-state index is 11.6. The highest BCUT2D eigenvalue weighted by molar-refractivity contribution is 7.99. The third kappa shape index (κ3) is 4.72. The van der Waals surface area contributed by atoms with Gasteiger partial charge >= 0.3 is 0 Å². The molecule has 0 spiro atoms. The van der Waals surface area contributed by atoms with Crippen LogP contribution in [0.1, 0.15) is 15.4 Å². The highest BCUT2D eigenvalue weighted by atomic mass is 32.2. The van der Waals surface area contributed by atoms with E-state index in [-0.39, 0.29) is 17.6 Å². The monoisotopic (exact) mass is 323 g/mol. The van der Waals surface area contributed by atoms with E-state index < -0.39 is 0 Å². The lowest BCUT2D eigenvalue weighted by molar-refractivity contribution is -0.119. The fourth-order valence-electron chi connectivity index (χ4n) is 1.39. The molecule has 7 nitrogen and oxygen atoms in total. The number of carbonyl (C=O) groups is 2. The minimum Gasteiger partial charge on any atom is -0.384 e. The maximum atomic E-state index is 11.6. The van der Waals surface area contributed by atoms with E-state index in [1.54, 1.807) is 30.5 Å². The average molecular weight is 323 g/mol. The van der Waals surface area contributed by atoms with E-state index >= 15 is 0 Å². The lowest BCUT2D eigenvalue weighted by Crippen LogP contribution is -2.42. The first-order valence-electron chi connectivity index (χ1n) is 5.91. The van der Waals surface area contributed by atoms with Crippen molar-refractivity contribution in [2.24, 2.45) is 0 Å². The van der Waals surface area contributed by atoms with E-state index in [1.807, 2.05) is 0 Å². The summed E-state index contributed by atoms with van der Waals surface area (Å²) in [5.74, 6) is -0.266. The quantitative estimate of drug-likeness (QED) is 0.439. The summed E-state index contributed by atoms with van der Waals surface area (Å²) in [5, 5.41) is 2.21. The van der Waals surface area contributed by atoms with Crippen LogP contribution in [0.5, 0.6) is 0 Å². The molecule has 110 valence electrons. The Morgan fingerprint density at radius 3 is 2.86 bits per heavy atom. The zero-order valence-electron chi connectivity index (χ0n) is 11.1. The van der Waals surface area contributed by atoms with E-state index in [0.29, 0.717) is 15.9 Å². The zero-order chi connectivity index (χ0) is 15.2. The number of nitrogens with zero attached hydrogens (tertiary/aromatic N) is 2. The molecule has 0 radical (unpaired) electrons. The van der Waals surface area contributed by atoms with Crippen molar-refractivity contribution in [3.8, 4) is 0 Å². The van der Waals surface area contributed by atoms with Gasteiger partial charge in [-0.15, -0.1) is 11.3 Å². The van der Waals surface area contributed by atoms with Crippen molar-refractivity contribution in [1.82, 2.24) is 20.8 Å². The van der Waals surface area contributed by atoms with E-state index in [2.05, 4.69) is 20.8 Å². The molecule has 21 heavy (non-hydrogen) atoms. The molecule has 0 aliphatic rings. The number of aromatic nitrogens is 2. The topological polar surface area (TPSA) is 110 Å². The summed E-state index contributed by atoms with van der Waals surface area (Å²) >= 11 is 2.44. The van der Waals surface area contributed by atoms with Gasteiger partial charge in [0.05, 0.1) is 10.6 Å². The molecule has 2 amide bonds. The Morgan fingerprint density at radius 1 is 1.38 bits per heavy atom. The maximum Gasteiger partial charge on any atom is 0.279 e. The van der Waals surface area contributed by atoms with E-state index in [4.69, 9.17) is 5.73 Å². The summed E-state index contributed by atoms with van der Waals surface area (Å²) in [4.78, 5) is 31.9. The summed E-state index contributed by atoms with van der Waals surface area (Å²) < 4.78 is 0. The fraction of sp³-hybridized carbons (Fsp3) is 0.167. The van der Waals surface area contributed by atoms with Crippen LogP contribution in [0.3, 0.4) is 0 Å². The van der Waals surface area contributed by atoms with Gasteiger partial charge in [0.15, 0.2) is 5.16 Å². The Balaban J connectivity index is 1.78. The van der Waals surface area contributed by atoms with Crippen LogP contribution >= 0.6 is 23.1 Å². The van der Waals surface area contributed by atoms with E-state index in [9.17, 15) is 9.59 Å². The van der Waals surface area contributed by atoms with Crippen molar-refractivity contribution < 1.29 is 9.59 Å². The van der Waals surface area contributed by atoms with Crippen molar-refractivity contribution in [2.45, 2.75) is 12.1 Å². The standard InChI is InChI=1S/C12H13N5O2S2/c1-7-5-9(13)15-12(14-7)21-6-10(18)16-17-11(19)8-3-2-4-20-8/h2-5H,6H2,1H3,(H,16,18)(H,17,19)(H2,13,14,15). The molecule has 2 aromatic heterocycles. The van der Waals surface area contributed by atoms with Gasteiger partial charge in [-0.2, -0.15) is 0 Å². The number of hydrogen-bond donors (Lipinski definition) is 3. The first kappa shape index (κ1) is 15.3. The van der Waals surface area contributed by atoms with Gasteiger partial charge in [0, 0.05) is 11.8 Å². The first-order chi connectivity index (χ1) is 10.0. The second kappa shape index (κ2) is 7.04. The molecule has 9 heteroatoms. The number of hydrazine groups is 1. The molecule has 0 aromatic carbocycles. The van der Waals surface area contributed by atoms with Crippen LogP contribution in [0.4, 0.5) is 5.82 Å². The molecule has 0 fully saturated rings. The van der Waals surface area contributed by atoms with Gasteiger partial charge in [-0.3, -0.25) is 20.4 Å². The molecule has 0 atom stereocenters. The molecule has 2 aromatic rings. The average Bonchev–Trinajstić information content (AvgIpc) is 2.95. The van der Waals surface area contributed by atoms with Crippen LogP contribution in [-0.2, 0) is 4.79 Å². The smallest absolute Gasteiger partial charge is 0.279 e. The van der Waals surface area contributed by atoms with E-state index in [1.165, 1.54) is 11.3 Å². The van der Waals surface area contributed by atoms with Crippen molar-refractivity contribution >= 4 is 40.7 Å². The Bertz CT molecular complexity index is 625. The third-order valence-electron chi connectivity index (χ3n) is 2.25. The molecular formula is C12H13N5O2S2. The summed E-state index contributed by atoms with van der Waals surface area (Å²) in [7, 11) is 0. The van der Waals surface area contributed by atoms with Gasteiger partial charge in [0.2, 0.25) is 5.91 Å². The molecule has 0 saturated heterocycles. The van der Waals surface area contributed by atoms with E-state index in [0.717, 1.165) is 17.5 Å². The van der Waals surface area contributed by atoms with Crippen molar-refractivity contribution in [2.75, 3.05) is 11.5 Å². The summed E-state index contributed by atoms with van der Waals surface area (Å²) in [5.41, 5.74) is 11.0. The number of thiophene rings is 1. The molecule has 4 N–H and O–H groups in total. The van der Waals surface area contributed by atoms with Gasteiger partial charge in [0.25, 0.3) is 5.91 Å². The second-order valence-electron chi connectivity index (χ2n) is 3.99. The van der Waals surface area contributed by atoms with Crippen molar-refractivity contribution in [3.05, 3.63) is 34.2 Å². The number of nitrogen functional groups attached to an aromatic ring is 1. The van der Waals surface area contributed by atoms with Crippen LogP contribution in [-0.4, -0.2) is 27.5 Å². The minimum atomic E-state index is -0.353. The van der Waals surface area contributed by atoms with Crippen LogP contribution in [0, 0.1) is 6.92 Å². The summed E-state index contributed by atoms with van der Waals surface area (Å²) in [6, 6.07) is 5.08. The lowest BCUT2D eigenvalue weighted by atomic mass is 10.4. The third-order valence-corrected chi connectivity index (χ3v) is 3.96. The number of nitrogens with two attached hydrogens (primary N) is 1. The molecule has 0 unspecified atom stereocenters. The molecule has 0 aliphatic carbocycles. The number of thioether (sulfide) groups is 1. The number of nitrogens with one attached hydrogen (secondary N) is 2. The van der Waals surface area contributed by atoms with Crippen LogP contribution in [0.15, 0.2) is 28.7 Å². The number of rotatable bonds is 4. The van der Waals surface area contributed by atoms with Gasteiger partial charge in [-0.25, -0.2) is 9.97 Å². The van der Waals surface area contributed by atoms with Gasteiger partial charge in [-0.05, 0) is 18.4 Å². The normalized spacial score (nSPS) is 10.1. The molecule has 0 bridgehead atoms. The largest absolute Gasteiger partial charge is 0.384 e. The Hall–Kier alpha value is -2.13. The Kier molecular flexibility index (Phi) is 5.12. The summed E-state index contributed by atoms with van der Waals surface area (Å²) in [6.07, 6.45) is 0. The van der Waals surface area contributed by atoms with Crippen LogP contribution < -0.4 is 16.6 Å². The van der Waals surface area contributed by atoms with Gasteiger partial charge < -0.3 is 5.73 Å². The number of hydrogen-bond acceptors (Lipinski definition) is 7.